The van der Waals surface area contributed by atoms with Crippen LogP contribution in [0.4, 0.5) is 0 Å². The van der Waals surface area contributed by atoms with Crippen LogP contribution in [0.25, 0.3) is 17.3 Å². The maximum absolute atomic E-state index is 11.8. The molecule has 0 bridgehead atoms. The maximum Gasteiger partial charge on any atom is 0.257 e. The highest BCUT2D eigenvalue weighted by Gasteiger charge is 2.13. The topological polar surface area (TPSA) is 59.1 Å². The first-order valence-corrected chi connectivity index (χ1v) is 8.84. The van der Waals surface area contributed by atoms with Crippen molar-refractivity contribution in [3.8, 4) is 11.3 Å². The molecule has 0 unspecified atom stereocenters. The van der Waals surface area contributed by atoms with E-state index in [1.54, 1.807) is 18.3 Å². The molecule has 1 aromatic heterocycles. The molecular weight excluding hydrogens is 332 g/mol. The molecule has 0 aliphatic heterocycles. The van der Waals surface area contributed by atoms with Crippen LogP contribution < -0.4 is 5.32 Å². The molecule has 0 atom stereocenters. The Labute approximate surface area is 152 Å². The number of carbonyl (C=O) groups is 2. The van der Waals surface area contributed by atoms with Crippen molar-refractivity contribution in [2.75, 3.05) is 7.05 Å². The number of nitrogens with one attached hydrogen (secondary N) is 1. The zero-order valence-electron chi connectivity index (χ0n) is 14.9. The van der Waals surface area contributed by atoms with Gasteiger partial charge in [-0.25, -0.2) is 0 Å². The molecule has 0 aliphatic carbocycles. The molecular formula is C20H22N2O2S. The van der Waals surface area contributed by atoms with Crippen molar-refractivity contribution < 1.29 is 9.59 Å². The van der Waals surface area contributed by atoms with Gasteiger partial charge in [0, 0.05) is 18.8 Å². The molecule has 0 spiro atoms. The molecule has 2 rings (SSSR count). The predicted molar refractivity (Wildman–Crippen MR) is 105 cm³/mol. The minimum Gasteiger partial charge on any atom is -0.355 e. The van der Waals surface area contributed by atoms with Gasteiger partial charge in [-0.05, 0) is 46.5 Å². The smallest absolute Gasteiger partial charge is 0.257 e. The minimum absolute atomic E-state index is 0.102. The van der Waals surface area contributed by atoms with E-state index < -0.39 is 0 Å². The number of rotatable bonds is 5. The SMILES string of the molecule is CNC(=O)/C(=C/c1ccnc(-c2ccc(C(C)(C)C)cc2)c1)SC=O. The molecule has 0 fully saturated rings. The number of nitrogens with zero attached hydrogens (tertiary/aromatic N) is 1. The van der Waals surface area contributed by atoms with Crippen molar-refractivity contribution in [2.45, 2.75) is 26.2 Å². The summed E-state index contributed by atoms with van der Waals surface area (Å²) in [6, 6.07) is 12.0. The van der Waals surface area contributed by atoms with Crippen molar-refractivity contribution in [1.82, 2.24) is 10.3 Å². The van der Waals surface area contributed by atoms with E-state index in [1.807, 2.05) is 6.07 Å². The van der Waals surface area contributed by atoms with Crippen LogP contribution in [-0.2, 0) is 15.0 Å². The molecule has 2 aromatic rings. The Morgan fingerprint density at radius 2 is 1.84 bits per heavy atom. The van der Waals surface area contributed by atoms with E-state index in [2.05, 4.69) is 55.3 Å². The summed E-state index contributed by atoms with van der Waals surface area (Å²) < 4.78 is 0. The predicted octanol–water partition coefficient (Wildman–Crippen LogP) is 4.06. The zero-order valence-corrected chi connectivity index (χ0v) is 15.7. The molecule has 5 heteroatoms. The summed E-state index contributed by atoms with van der Waals surface area (Å²) >= 11 is 0.858. The van der Waals surface area contributed by atoms with E-state index in [0.29, 0.717) is 10.5 Å². The second-order valence-corrected chi connectivity index (χ2v) is 7.47. The van der Waals surface area contributed by atoms with E-state index in [0.717, 1.165) is 28.6 Å². The molecule has 1 heterocycles. The van der Waals surface area contributed by atoms with Gasteiger partial charge in [0.1, 0.15) is 0 Å². The molecule has 130 valence electrons. The molecule has 1 aromatic carbocycles. The highest BCUT2D eigenvalue weighted by molar-refractivity contribution is 8.16. The van der Waals surface area contributed by atoms with Crippen LogP contribution in [0.15, 0.2) is 47.5 Å². The summed E-state index contributed by atoms with van der Waals surface area (Å²) in [5.41, 5.74) is 4.66. The van der Waals surface area contributed by atoms with Gasteiger partial charge in [-0.15, -0.1) is 0 Å². The Morgan fingerprint density at radius 3 is 2.40 bits per heavy atom. The van der Waals surface area contributed by atoms with Gasteiger partial charge in [0.15, 0.2) is 5.62 Å². The highest BCUT2D eigenvalue weighted by Crippen LogP contribution is 2.26. The highest BCUT2D eigenvalue weighted by atomic mass is 32.2. The summed E-state index contributed by atoms with van der Waals surface area (Å²) in [5, 5.41) is 2.53. The minimum atomic E-state index is -0.287. The van der Waals surface area contributed by atoms with E-state index in [1.165, 1.54) is 12.6 Å². The third-order valence-electron chi connectivity index (χ3n) is 3.75. The number of pyridine rings is 1. The van der Waals surface area contributed by atoms with E-state index in [9.17, 15) is 9.59 Å². The number of thioether (sulfide) groups is 1. The fraction of sp³-hybridized carbons (Fsp3) is 0.250. The van der Waals surface area contributed by atoms with Crippen molar-refractivity contribution in [2.24, 2.45) is 0 Å². The third kappa shape index (κ3) is 5.03. The van der Waals surface area contributed by atoms with Gasteiger partial charge in [-0.3, -0.25) is 14.6 Å². The first-order chi connectivity index (χ1) is 11.8. The number of amides is 1. The van der Waals surface area contributed by atoms with E-state index in [4.69, 9.17) is 0 Å². The summed E-state index contributed by atoms with van der Waals surface area (Å²) in [7, 11) is 1.54. The number of benzene rings is 1. The normalized spacial score (nSPS) is 11.9. The van der Waals surface area contributed by atoms with E-state index in [-0.39, 0.29) is 11.3 Å². The Bertz CT molecular complexity index is 790. The van der Waals surface area contributed by atoms with Gasteiger partial charge in [0.05, 0.1) is 10.6 Å². The summed E-state index contributed by atoms with van der Waals surface area (Å²) in [6.45, 7) is 6.53. The third-order valence-corrected chi connectivity index (χ3v) is 4.41. The lowest BCUT2D eigenvalue weighted by Gasteiger charge is -2.19. The zero-order chi connectivity index (χ0) is 18.4. The van der Waals surface area contributed by atoms with Crippen LogP contribution in [0.1, 0.15) is 31.9 Å². The number of hydrogen-bond donors (Lipinski definition) is 1. The Hall–Kier alpha value is -2.40. The van der Waals surface area contributed by atoms with Gasteiger partial charge >= 0.3 is 0 Å². The maximum atomic E-state index is 11.8. The molecule has 0 aliphatic rings. The van der Waals surface area contributed by atoms with Gasteiger partial charge in [-0.1, -0.05) is 45.0 Å². The molecule has 0 radical (unpaired) electrons. The van der Waals surface area contributed by atoms with E-state index >= 15 is 0 Å². The van der Waals surface area contributed by atoms with Gasteiger partial charge in [-0.2, -0.15) is 0 Å². The fourth-order valence-corrected chi connectivity index (χ4v) is 2.83. The van der Waals surface area contributed by atoms with Gasteiger partial charge < -0.3 is 5.32 Å². The van der Waals surface area contributed by atoms with Crippen LogP contribution in [0, 0.1) is 0 Å². The largest absolute Gasteiger partial charge is 0.355 e. The monoisotopic (exact) mass is 354 g/mol. The summed E-state index contributed by atoms with van der Waals surface area (Å²) in [5.74, 6) is -0.287. The second kappa shape index (κ2) is 8.12. The fourth-order valence-electron chi connectivity index (χ4n) is 2.32. The Kier molecular flexibility index (Phi) is 6.15. The average molecular weight is 354 g/mol. The lowest BCUT2D eigenvalue weighted by molar-refractivity contribution is -0.116. The first-order valence-electron chi connectivity index (χ1n) is 7.96. The molecule has 0 saturated heterocycles. The lowest BCUT2D eigenvalue weighted by Crippen LogP contribution is -2.18. The molecule has 25 heavy (non-hydrogen) atoms. The van der Waals surface area contributed by atoms with Crippen LogP contribution in [-0.4, -0.2) is 23.6 Å². The standard InChI is InChI=1S/C20H22N2O2S/c1-20(2,3)16-7-5-15(6-8-16)17-11-14(9-10-22-17)12-18(25-13-23)19(24)21-4/h5-13H,1-4H3,(H,21,24)/b18-12-. The number of hydrogen-bond acceptors (Lipinski definition) is 4. The van der Waals surface area contributed by atoms with Crippen LogP contribution >= 0.6 is 11.8 Å². The number of aromatic nitrogens is 1. The van der Waals surface area contributed by atoms with Gasteiger partial charge in [0.25, 0.3) is 5.91 Å². The number of carbonyl (C=O) groups excluding carboxylic acids is 2. The van der Waals surface area contributed by atoms with Crippen molar-refractivity contribution in [3.63, 3.8) is 0 Å². The van der Waals surface area contributed by atoms with Crippen LogP contribution in [0.3, 0.4) is 0 Å². The molecule has 1 amide bonds. The first kappa shape index (κ1) is 18.9. The second-order valence-electron chi connectivity index (χ2n) is 6.60. The Morgan fingerprint density at radius 1 is 1.16 bits per heavy atom. The molecule has 1 N–H and O–H groups in total. The Balaban J connectivity index is 2.35. The van der Waals surface area contributed by atoms with Crippen molar-refractivity contribution in [1.29, 1.82) is 0 Å². The lowest BCUT2D eigenvalue weighted by atomic mass is 9.86. The quantitative estimate of drug-likeness (QED) is 0.650. The summed E-state index contributed by atoms with van der Waals surface area (Å²) in [6.07, 6.45) is 3.39. The van der Waals surface area contributed by atoms with Crippen molar-refractivity contribution in [3.05, 3.63) is 58.6 Å². The van der Waals surface area contributed by atoms with Gasteiger partial charge in [0.2, 0.25) is 0 Å². The number of likely N-dealkylation sites (N-methyl/N-ethyl adjacent to an activating group) is 1. The van der Waals surface area contributed by atoms with Crippen LogP contribution in [0.5, 0.6) is 0 Å². The van der Waals surface area contributed by atoms with Crippen molar-refractivity contribution >= 4 is 29.4 Å². The molecule has 0 saturated carbocycles. The summed E-state index contributed by atoms with van der Waals surface area (Å²) in [4.78, 5) is 27.3. The average Bonchev–Trinajstić information content (AvgIpc) is 2.60. The van der Waals surface area contributed by atoms with Crippen LogP contribution in [0.2, 0.25) is 0 Å². The molecule has 4 nitrogen and oxygen atoms in total.